The molecule has 0 saturated carbocycles. The second-order valence-electron chi connectivity index (χ2n) is 8.70. The topological polar surface area (TPSA) is 81.3 Å². The van der Waals surface area contributed by atoms with Crippen molar-refractivity contribution in [3.8, 4) is 5.75 Å². The number of pyridine rings is 2. The van der Waals surface area contributed by atoms with Gasteiger partial charge in [0.1, 0.15) is 11.6 Å². The number of rotatable bonds is 6. The number of methoxy groups -OCH3 is 1. The maximum absolute atomic E-state index is 13.9. The molecule has 0 aliphatic rings. The molecule has 0 bridgehead atoms. The number of nitrogen functional groups attached to an aromatic ring is 1. The van der Waals surface area contributed by atoms with E-state index >= 15 is 0 Å². The summed E-state index contributed by atoms with van der Waals surface area (Å²) in [5, 5.41) is 1.56. The Kier molecular flexibility index (Phi) is 7.37. The number of nitrogens with zero attached hydrogens (tertiary/aromatic N) is 3. The first kappa shape index (κ1) is 26.4. The van der Waals surface area contributed by atoms with Gasteiger partial charge in [-0.1, -0.05) is 12.1 Å². The third kappa shape index (κ3) is 5.52. The SMILES string of the molecule is COc1cc(C(F)(F)F)ccc1[C@H](C)N(Cc1ncccc1P)C(=O)c1ccc2nc(N)c(C)cc2c1. The lowest BCUT2D eigenvalue weighted by molar-refractivity contribution is -0.137. The number of anilines is 1. The highest BCUT2D eigenvalue weighted by Crippen LogP contribution is 2.37. The van der Waals surface area contributed by atoms with Crippen LogP contribution in [0, 0.1) is 6.92 Å². The number of fused-ring (bicyclic) bond motifs is 1. The van der Waals surface area contributed by atoms with E-state index in [4.69, 9.17) is 10.5 Å². The number of alkyl halides is 3. The molecule has 2 heterocycles. The molecule has 0 radical (unpaired) electrons. The van der Waals surface area contributed by atoms with Gasteiger partial charge >= 0.3 is 6.18 Å². The molecule has 10 heteroatoms. The highest BCUT2D eigenvalue weighted by atomic mass is 31.0. The Morgan fingerprint density at radius 1 is 1.16 bits per heavy atom. The zero-order valence-electron chi connectivity index (χ0n) is 20.5. The fourth-order valence-corrected chi connectivity index (χ4v) is 4.40. The second-order valence-corrected chi connectivity index (χ2v) is 9.32. The van der Waals surface area contributed by atoms with Crippen LogP contribution in [0.15, 0.2) is 60.8 Å². The molecule has 1 unspecified atom stereocenters. The minimum atomic E-state index is -4.52. The zero-order valence-corrected chi connectivity index (χ0v) is 21.7. The van der Waals surface area contributed by atoms with Crippen molar-refractivity contribution in [3.63, 3.8) is 0 Å². The Bertz CT molecular complexity index is 1480. The van der Waals surface area contributed by atoms with Crippen LogP contribution < -0.4 is 15.8 Å². The fraction of sp³-hybridized carbons (Fsp3) is 0.222. The third-order valence-corrected chi connectivity index (χ3v) is 6.80. The quantitative estimate of drug-likeness (QED) is 0.338. The number of ether oxygens (including phenoxy) is 1. The minimum absolute atomic E-state index is 0.0426. The van der Waals surface area contributed by atoms with Crippen molar-refractivity contribution in [1.82, 2.24) is 14.9 Å². The summed E-state index contributed by atoms with van der Waals surface area (Å²) in [7, 11) is 3.90. The van der Waals surface area contributed by atoms with E-state index in [1.807, 2.05) is 19.1 Å². The summed E-state index contributed by atoms with van der Waals surface area (Å²) in [6.45, 7) is 3.71. The highest BCUT2D eigenvalue weighted by Gasteiger charge is 2.33. The van der Waals surface area contributed by atoms with Crippen LogP contribution in [0.3, 0.4) is 0 Å². The molecule has 192 valence electrons. The van der Waals surface area contributed by atoms with Gasteiger partial charge in [0.25, 0.3) is 5.91 Å². The Morgan fingerprint density at radius 3 is 2.59 bits per heavy atom. The van der Waals surface area contributed by atoms with Gasteiger partial charge in [-0.25, -0.2) is 4.98 Å². The average molecular weight is 526 g/mol. The van der Waals surface area contributed by atoms with Gasteiger partial charge in [0, 0.05) is 22.7 Å². The number of hydrogen-bond acceptors (Lipinski definition) is 5. The van der Waals surface area contributed by atoms with Crippen LogP contribution in [0.2, 0.25) is 0 Å². The lowest BCUT2D eigenvalue weighted by Crippen LogP contribution is -2.35. The van der Waals surface area contributed by atoms with Crippen molar-refractivity contribution < 1.29 is 22.7 Å². The van der Waals surface area contributed by atoms with Gasteiger partial charge in [-0.05, 0) is 67.2 Å². The molecule has 2 aromatic heterocycles. The number of carbonyl (C=O) groups is 1. The van der Waals surface area contributed by atoms with Crippen molar-refractivity contribution in [2.24, 2.45) is 0 Å². The number of benzene rings is 2. The maximum Gasteiger partial charge on any atom is 0.416 e. The number of halogens is 3. The van der Waals surface area contributed by atoms with Crippen LogP contribution in [0.1, 0.15) is 45.7 Å². The Labute approximate surface area is 214 Å². The molecule has 6 nitrogen and oxygen atoms in total. The standard InChI is InChI=1S/C27H26F3N4O2P/c1-15-11-18-12-17(6-9-21(18)33-25(15)31)26(35)34(14-22-24(37)5-4-10-32-22)16(2)20-8-7-19(27(28,29)30)13-23(20)36-3/h4-13,16H,14,37H2,1-3H3,(H2,31,33)/t16-/m0/s1. The average Bonchev–Trinajstić information content (AvgIpc) is 2.87. The summed E-state index contributed by atoms with van der Waals surface area (Å²) in [5.74, 6) is 0.140. The number of amides is 1. The minimum Gasteiger partial charge on any atom is -0.496 e. The molecule has 4 aromatic rings. The van der Waals surface area contributed by atoms with Gasteiger partial charge < -0.3 is 15.4 Å². The molecule has 0 spiro atoms. The summed E-state index contributed by atoms with van der Waals surface area (Å²) in [6.07, 6.45) is -2.89. The van der Waals surface area contributed by atoms with Crippen molar-refractivity contribution in [2.45, 2.75) is 32.6 Å². The molecule has 4 rings (SSSR count). The van der Waals surface area contributed by atoms with E-state index < -0.39 is 17.8 Å². The lowest BCUT2D eigenvalue weighted by atomic mass is 10.0. The monoisotopic (exact) mass is 526 g/mol. The van der Waals surface area contributed by atoms with Crippen molar-refractivity contribution in [2.75, 3.05) is 12.8 Å². The molecule has 2 atom stereocenters. The number of carbonyl (C=O) groups excluding carboxylic acids is 1. The third-order valence-electron chi connectivity index (χ3n) is 6.28. The Balaban J connectivity index is 1.79. The van der Waals surface area contributed by atoms with Crippen LogP contribution in [-0.4, -0.2) is 27.9 Å². The van der Waals surface area contributed by atoms with E-state index in [9.17, 15) is 18.0 Å². The first-order valence-corrected chi connectivity index (χ1v) is 12.0. The van der Waals surface area contributed by atoms with E-state index in [0.29, 0.717) is 28.2 Å². The Morgan fingerprint density at radius 2 is 1.92 bits per heavy atom. The summed E-state index contributed by atoms with van der Waals surface area (Å²) in [6, 6.07) is 13.3. The van der Waals surface area contributed by atoms with Crippen LogP contribution in [0.4, 0.5) is 19.0 Å². The number of nitrogens with two attached hydrogens (primary N) is 1. The van der Waals surface area contributed by atoms with E-state index in [1.165, 1.54) is 13.2 Å². The zero-order chi connectivity index (χ0) is 26.9. The van der Waals surface area contributed by atoms with Crippen molar-refractivity contribution >= 4 is 37.2 Å². The van der Waals surface area contributed by atoms with E-state index in [2.05, 4.69) is 19.2 Å². The first-order chi connectivity index (χ1) is 17.5. The summed E-state index contributed by atoms with van der Waals surface area (Å²) >= 11 is 0. The van der Waals surface area contributed by atoms with Gasteiger partial charge in [0.05, 0.1) is 36.5 Å². The molecule has 0 saturated heterocycles. The van der Waals surface area contributed by atoms with Crippen LogP contribution >= 0.6 is 9.24 Å². The Hall–Kier alpha value is -3.71. The number of hydrogen-bond donors (Lipinski definition) is 1. The second kappa shape index (κ2) is 10.3. The maximum atomic E-state index is 13.9. The lowest BCUT2D eigenvalue weighted by Gasteiger charge is -2.31. The number of aromatic nitrogens is 2. The summed E-state index contributed by atoms with van der Waals surface area (Å²) in [4.78, 5) is 24.3. The first-order valence-electron chi connectivity index (χ1n) is 11.4. The van der Waals surface area contributed by atoms with Gasteiger partial charge in [0.15, 0.2) is 0 Å². The largest absolute Gasteiger partial charge is 0.496 e. The summed E-state index contributed by atoms with van der Waals surface area (Å²) in [5.41, 5.74) is 8.02. The highest BCUT2D eigenvalue weighted by molar-refractivity contribution is 7.27. The van der Waals surface area contributed by atoms with Gasteiger partial charge in [-0.3, -0.25) is 9.78 Å². The smallest absolute Gasteiger partial charge is 0.416 e. The normalized spacial score (nSPS) is 12.4. The van der Waals surface area contributed by atoms with E-state index in [0.717, 1.165) is 28.4 Å². The number of aryl methyl sites for hydroxylation is 1. The van der Waals surface area contributed by atoms with Crippen molar-refractivity contribution in [1.29, 1.82) is 0 Å². The molecule has 0 aliphatic carbocycles. The van der Waals surface area contributed by atoms with E-state index in [1.54, 1.807) is 42.3 Å². The van der Waals surface area contributed by atoms with E-state index in [-0.39, 0.29) is 18.2 Å². The fourth-order valence-electron chi connectivity index (χ4n) is 4.12. The predicted molar refractivity (Wildman–Crippen MR) is 141 cm³/mol. The van der Waals surface area contributed by atoms with Crippen LogP contribution in [-0.2, 0) is 12.7 Å². The van der Waals surface area contributed by atoms with Gasteiger partial charge in [-0.15, -0.1) is 9.24 Å². The predicted octanol–water partition coefficient (Wildman–Crippen LogP) is 5.45. The molecule has 2 aromatic carbocycles. The molecular weight excluding hydrogens is 500 g/mol. The molecule has 37 heavy (non-hydrogen) atoms. The molecular formula is C27H26F3N4O2P. The molecule has 2 N–H and O–H groups in total. The summed E-state index contributed by atoms with van der Waals surface area (Å²) < 4.78 is 45.3. The molecule has 0 aliphatic heterocycles. The van der Waals surface area contributed by atoms with Crippen molar-refractivity contribution in [3.05, 3.63) is 88.7 Å². The molecule has 1 amide bonds. The van der Waals surface area contributed by atoms with Gasteiger partial charge in [-0.2, -0.15) is 13.2 Å². The van der Waals surface area contributed by atoms with Gasteiger partial charge in [0.2, 0.25) is 0 Å². The van der Waals surface area contributed by atoms with Crippen LogP contribution in [0.25, 0.3) is 10.9 Å². The molecule has 0 fully saturated rings. The van der Waals surface area contributed by atoms with Crippen LogP contribution in [0.5, 0.6) is 5.75 Å².